The lowest BCUT2D eigenvalue weighted by Crippen LogP contribution is -1.99. The second kappa shape index (κ2) is 3.62. The molecule has 0 aliphatic heterocycles. The Kier molecular flexibility index (Phi) is 2.44. The third kappa shape index (κ3) is 1.99. The van der Waals surface area contributed by atoms with Crippen LogP contribution in [-0.2, 0) is 11.2 Å². The van der Waals surface area contributed by atoms with Crippen molar-refractivity contribution in [2.75, 3.05) is 0 Å². The highest BCUT2D eigenvalue weighted by molar-refractivity contribution is 9.10. The number of hydrogen-bond acceptors (Lipinski definition) is 2. The number of carbonyl (C=O) groups is 1. The minimum absolute atomic E-state index is 0.166. The quantitative estimate of drug-likeness (QED) is 0.908. The molecular formula is C9H6BrFN2O2. The summed E-state index contributed by atoms with van der Waals surface area (Å²) in [5.41, 5.74) is 0.798. The van der Waals surface area contributed by atoms with Gasteiger partial charge in [-0.2, -0.15) is 0 Å². The summed E-state index contributed by atoms with van der Waals surface area (Å²) in [5.74, 6) is -1.38. The topological polar surface area (TPSA) is 54.6 Å². The second-order valence-electron chi connectivity index (χ2n) is 3.04. The number of nitrogens with zero attached hydrogens (tertiary/aromatic N) is 2. The Morgan fingerprint density at radius 2 is 2.33 bits per heavy atom. The number of pyridine rings is 1. The zero-order valence-electron chi connectivity index (χ0n) is 7.44. The molecule has 0 unspecified atom stereocenters. The van der Waals surface area contributed by atoms with Gasteiger partial charge in [0.25, 0.3) is 0 Å². The first kappa shape index (κ1) is 10.1. The lowest BCUT2D eigenvalue weighted by atomic mass is 10.3. The first-order valence-electron chi connectivity index (χ1n) is 4.10. The van der Waals surface area contributed by atoms with Crippen LogP contribution in [-0.4, -0.2) is 20.5 Å². The number of halogens is 2. The van der Waals surface area contributed by atoms with Gasteiger partial charge in [-0.25, -0.2) is 9.37 Å². The maximum Gasteiger partial charge on any atom is 0.309 e. The lowest BCUT2D eigenvalue weighted by molar-refractivity contribution is -0.136. The molecule has 0 atom stereocenters. The number of aliphatic carboxylic acids is 1. The summed E-state index contributed by atoms with van der Waals surface area (Å²) in [7, 11) is 0. The molecule has 2 aromatic heterocycles. The number of hydrogen-bond donors (Lipinski definition) is 1. The zero-order valence-corrected chi connectivity index (χ0v) is 9.03. The molecular weight excluding hydrogens is 267 g/mol. The van der Waals surface area contributed by atoms with Crippen molar-refractivity contribution in [3.63, 3.8) is 0 Å². The highest BCUT2D eigenvalue weighted by atomic mass is 79.9. The fourth-order valence-electron chi connectivity index (χ4n) is 1.28. The summed E-state index contributed by atoms with van der Waals surface area (Å²) < 4.78 is 15.0. The molecule has 0 aliphatic rings. The molecule has 15 heavy (non-hydrogen) atoms. The van der Waals surface area contributed by atoms with Crippen molar-refractivity contribution in [2.24, 2.45) is 0 Å². The van der Waals surface area contributed by atoms with E-state index in [0.29, 0.717) is 15.8 Å². The highest BCUT2D eigenvalue weighted by Gasteiger charge is 2.08. The van der Waals surface area contributed by atoms with Crippen LogP contribution in [0.25, 0.3) is 5.65 Å². The van der Waals surface area contributed by atoms with Crippen molar-refractivity contribution >= 4 is 27.5 Å². The smallest absolute Gasteiger partial charge is 0.309 e. The molecule has 0 amide bonds. The van der Waals surface area contributed by atoms with E-state index in [-0.39, 0.29) is 6.42 Å². The maximum absolute atomic E-state index is 13.1. The maximum atomic E-state index is 13.1. The molecule has 0 radical (unpaired) electrons. The molecule has 0 bridgehead atoms. The van der Waals surface area contributed by atoms with Gasteiger partial charge >= 0.3 is 5.97 Å². The van der Waals surface area contributed by atoms with Crippen LogP contribution >= 0.6 is 15.9 Å². The molecule has 0 fully saturated rings. The van der Waals surface area contributed by atoms with Gasteiger partial charge in [0.15, 0.2) is 0 Å². The normalized spacial score (nSPS) is 10.8. The van der Waals surface area contributed by atoms with E-state index in [9.17, 15) is 9.18 Å². The van der Waals surface area contributed by atoms with E-state index in [1.54, 1.807) is 10.6 Å². The Labute approximate surface area is 92.5 Å². The Morgan fingerprint density at radius 1 is 1.60 bits per heavy atom. The summed E-state index contributed by atoms with van der Waals surface area (Å²) in [6.07, 6.45) is 2.90. The van der Waals surface area contributed by atoms with Crippen LogP contribution in [0.2, 0.25) is 0 Å². The van der Waals surface area contributed by atoms with E-state index < -0.39 is 11.8 Å². The summed E-state index contributed by atoms with van der Waals surface area (Å²) >= 11 is 3.04. The predicted molar refractivity (Wildman–Crippen MR) is 54.2 cm³/mol. The van der Waals surface area contributed by atoms with Gasteiger partial charge in [-0.3, -0.25) is 4.79 Å². The molecule has 0 saturated heterocycles. The van der Waals surface area contributed by atoms with Gasteiger partial charge in [-0.15, -0.1) is 0 Å². The Morgan fingerprint density at radius 3 is 3.00 bits per heavy atom. The summed E-state index contributed by atoms with van der Waals surface area (Å²) in [5, 5.41) is 8.57. The van der Waals surface area contributed by atoms with E-state index in [1.807, 2.05) is 0 Å². The molecule has 78 valence electrons. The first-order valence-corrected chi connectivity index (χ1v) is 4.90. The van der Waals surface area contributed by atoms with E-state index in [1.165, 1.54) is 12.3 Å². The van der Waals surface area contributed by atoms with Crippen LogP contribution in [0.5, 0.6) is 0 Å². The molecule has 0 saturated carbocycles. The minimum atomic E-state index is -0.960. The SMILES string of the molecule is O=C(O)Cc1cn2cc(Br)c(F)cc2n1. The summed E-state index contributed by atoms with van der Waals surface area (Å²) in [6, 6.07) is 1.25. The number of fused-ring (bicyclic) bond motifs is 1. The molecule has 2 rings (SSSR count). The molecule has 1 N–H and O–H groups in total. The molecule has 0 aromatic carbocycles. The van der Waals surface area contributed by atoms with Gasteiger partial charge in [0.1, 0.15) is 11.5 Å². The molecule has 4 nitrogen and oxygen atoms in total. The van der Waals surface area contributed by atoms with Gasteiger partial charge in [0, 0.05) is 18.5 Å². The second-order valence-corrected chi connectivity index (χ2v) is 3.89. The van der Waals surface area contributed by atoms with Crippen LogP contribution in [0.3, 0.4) is 0 Å². The van der Waals surface area contributed by atoms with Crippen molar-refractivity contribution < 1.29 is 14.3 Å². The number of imidazole rings is 1. The van der Waals surface area contributed by atoms with Gasteiger partial charge < -0.3 is 9.51 Å². The first-order chi connectivity index (χ1) is 7.06. The van der Waals surface area contributed by atoms with Crippen LogP contribution in [0.15, 0.2) is 22.9 Å². The largest absolute Gasteiger partial charge is 0.481 e. The fraction of sp³-hybridized carbons (Fsp3) is 0.111. The van der Waals surface area contributed by atoms with E-state index in [0.717, 1.165) is 0 Å². The van der Waals surface area contributed by atoms with Gasteiger partial charge in [-0.05, 0) is 15.9 Å². The van der Waals surface area contributed by atoms with Gasteiger partial charge in [-0.1, -0.05) is 0 Å². The third-order valence-electron chi connectivity index (χ3n) is 1.88. The highest BCUT2D eigenvalue weighted by Crippen LogP contribution is 2.17. The molecule has 0 aliphatic carbocycles. The molecule has 2 aromatic rings. The van der Waals surface area contributed by atoms with E-state index >= 15 is 0 Å². The molecule has 6 heteroatoms. The van der Waals surface area contributed by atoms with Crippen molar-refractivity contribution in [3.8, 4) is 0 Å². The lowest BCUT2D eigenvalue weighted by Gasteiger charge is -1.95. The summed E-state index contributed by atoms with van der Waals surface area (Å²) in [6.45, 7) is 0. The standard InChI is InChI=1S/C9H6BrFN2O2/c10-6-4-13-3-5(1-9(14)15)12-8(13)2-7(6)11/h2-4H,1H2,(H,14,15). The monoisotopic (exact) mass is 272 g/mol. The van der Waals surface area contributed by atoms with Gasteiger partial charge in [0.2, 0.25) is 0 Å². The third-order valence-corrected chi connectivity index (χ3v) is 2.46. The zero-order chi connectivity index (χ0) is 11.0. The van der Waals surface area contributed by atoms with E-state index in [4.69, 9.17) is 5.11 Å². The average Bonchev–Trinajstić information content (AvgIpc) is 2.46. The Hall–Kier alpha value is -1.43. The van der Waals surface area contributed by atoms with Crippen molar-refractivity contribution in [1.29, 1.82) is 0 Å². The van der Waals surface area contributed by atoms with Crippen LogP contribution < -0.4 is 0 Å². The van der Waals surface area contributed by atoms with Crippen LogP contribution in [0, 0.1) is 5.82 Å². The fourth-order valence-corrected chi connectivity index (χ4v) is 1.61. The van der Waals surface area contributed by atoms with Crippen molar-refractivity contribution in [2.45, 2.75) is 6.42 Å². The Balaban J connectivity index is 2.51. The van der Waals surface area contributed by atoms with Crippen LogP contribution in [0.4, 0.5) is 4.39 Å². The number of aromatic nitrogens is 2. The van der Waals surface area contributed by atoms with Gasteiger partial charge in [0.05, 0.1) is 16.6 Å². The Bertz CT molecular complexity index is 499. The van der Waals surface area contributed by atoms with Crippen molar-refractivity contribution in [3.05, 3.63) is 34.4 Å². The van der Waals surface area contributed by atoms with Crippen LogP contribution in [0.1, 0.15) is 5.69 Å². The minimum Gasteiger partial charge on any atom is -0.481 e. The van der Waals surface area contributed by atoms with E-state index in [2.05, 4.69) is 20.9 Å². The summed E-state index contributed by atoms with van der Waals surface area (Å²) in [4.78, 5) is 14.4. The van der Waals surface area contributed by atoms with Crippen molar-refractivity contribution in [1.82, 2.24) is 9.38 Å². The predicted octanol–water partition coefficient (Wildman–Crippen LogP) is 1.86. The number of rotatable bonds is 2. The average molecular weight is 273 g/mol. The molecule has 2 heterocycles. The number of carboxylic acids is 1. The molecule has 0 spiro atoms. The number of carboxylic acid groups (broad SMARTS) is 1.